The summed E-state index contributed by atoms with van der Waals surface area (Å²) in [5.41, 5.74) is -1.26. The van der Waals surface area contributed by atoms with Gasteiger partial charge in [0.2, 0.25) is 0 Å². The molecule has 190 valence electrons. The second-order valence-electron chi connectivity index (χ2n) is 9.57. The van der Waals surface area contributed by atoms with Gasteiger partial charge in [-0.2, -0.15) is 9.78 Å². The van der Waals surface area contributed by atoms with E-state index in [1.165, 1.54) is 0 Å². The topological polar surface area (TPSA) is 71.1 Å². The van der Waals surface area contributed by atoms with Gasteiger partial charge in [-0.25, -0.2) is 9.59 Å². The molecule has 0 aromatic carbocycles. The molecule has 0 aromatic rings. The Morgan fingerprint density at radius 2 is 1.00 bits per heavy atom. The van der Waals surface area contributed by atoms with Crippen molar-refractivity contribution in [2.45, 2.75) is 144 Å². The third-order valence-corrected chi connectivity index (χ3v) is 6.79. The fourth-order valence-electron chi connectivity index (χ4n) is 3.38. The Labute approximate surface area is 196 Å². The standard InChI is InChI=1S/C26H50O6/c1-9-15-17-21(11-3)23(27)29-31-25(7,13-5)19-20-26(8,14-6)32-30-24(28)22(12-4)18-16-10-2/h21-22H,9-20H2,1-8H3. The van der Waals surface area contributed by atoms with Gasteiger partial charge in [0.15, 0.2) is 0 Å². The molecule has 0 spiro atoms. The zero-order chi connectivity index (χ0) is 24.6. The fourth-order valence-corrected chi connectivity index (χ4v) is 3.38. The molecule has 32 heavy (non-hydrogen) atoms. The molecule has 0 aliphatic rings. The van der Waals surface area contributed by atoms with Gasteiger partial charge in [-0.3, -0.25) is 9.78 Å². The molecule has 6 heteroatoms. The molecule has 0 bridgehead atoms. The Bertz CT molecular complexity index is 476. The highest BCUT2D eigenvalue weighted by molar-refractivity contribution is 5.72. The van der Waals surface area contributed by atoms with Gasteiger partial charge in [0, 0.05) is 0 Å². The SMILES string of the molecule is CCCCC(CC)C(=O)OOC(C)(CC)CCC(C)(CC)OOC(=O)C(CC)CCCC. The zero-order valence-corrected chi connectivity index (χ0v) is 22.1. The minimum absolute atomic E-state index is 0.126. The molecule has 4 atom stereocenters. The zero-order valence-electron chi connectivity index (χ0n) is 22.1. The van der Waals surface area contributed by atoms with Crippen LogP contribution < -0.4 is 0 Å². The molecule has 4 unspecified atom stereocenters. The van der Waals surface area contributed by atoms with Gasteiger partial charge in [0.1, 0.15) is 11.2 Å². The van der Waals surface area contributed by atoms with Crippen molar-refractivity contribution in [3.05, 3.63) is 0 Å². The van der Waals surface area contributed by atoms with E-state index < -0.39 is 11.2 Å². The summed E-state index contributed by atoms with van der Waals surface area (Å²) in [6, 6.07) is 0. The predicted molar refractivity (Wildman–Crippen MR) is 128 cm³/mol. The Morgan fingerprint density at radius 1 is 0.656 bits per heavy atom. The van der Waals surface area contributed by atoms with E-state index in [4.69, 9.17) is 19.6 Å². The van der Waals surface area contributed by atoms with Crippen molar-refractivity contribution in [3.8, 4) is 0 Å². The molecule has 0 amide bonds. The van der Waals surface area contributed by atoms with E-state index in [-0.39, 0.29) is 23.8 Å². The number of rotatable bonds is 19. The second-order valence-corrected chi connectivity index (χ2v) is 9.57. The van der Waals surface area contributed by atoms with Crippen molar-refractivity contribution >= 4 is 11.9 Å². The lowest BCUT2D eigenvalue weighted by atomic mass is 9.88. The van der Waals surface area contributed by atoms with Gasteiger partial charge in [-0.15, -0.1) is 0 Å². The fraction of sp³-hybridized carbons (Fsp3) is 0.923. The summed E-state index contributed by atoms with van der Waals surface area (Å²) in [6.45, 7) is 16.1. The summed E-state index contributed by atoms with van der Waals surface area (Å²) in [5.74, 6) is -0.832. The first-order chi connectivity index (χ1) is 15.1. The largest absolute Gasteiger partial charge is 0.345 e. The lowest BCUT2D eigenvalue weighted by Crippen LogP contribution is -2.36. The van der Waals surface area contributed by atoms with Crippen molar-refractivity contribution in [1.82, 2.24) is 0 Å². The lowest BCUT2D eigenvalue weighted by molar-refractivity contribution is -0.349. The van der Waals surface area contributed by atoms with Crippen molar-refractivity contribution in [2.75, 3.05) is 0 Å². The van der Waals surface area contributed by atoms with Crippen molar-refractivity contribution < 1.29 is 29.1 Å². The highest BCUT2D eigenvalue weighted by atomic mass is 17.2. The average molecular weight is 459 g/mol. The molecular weight excluding hydrogens is 408 g/mol. The third-order valence-electron chi connectivity index (χ3n) is 6.79. The maximum absolute atomic E-state index is 12.4. The number of carbonyl (C=O) groups is 2. The van der Waals surface area contributed by atoms with Crippen LogP contribution in [0.3, 0.4) is 0 Å². The first-order valence-electron chi connectivity index (χ1n) is 12.9. The van der Waals surface area contributed by atoms with Crippen molar-refractivity contribution in [2.24, 2.45) is 11.8 Å². The Kier molecular flexibility index (Phi) is 15.9. The Morgan fingerprint density at radius 3 is 1.25 bits per heavy atom. The number of carbonyl (C=O) groups excluding carboxylic acids is 2. The van der Waals surface area contributed by atoms with Crippen LogP contribution in [0.1, 0.15) is 132 Å². The van der Waals surface area contributed by atoms with E-state index in [0.29, 0.717) is 25.7 Å². The second kappa shape index (κ2) is 16.5. The van der Waals surface area contributed by atoms with Crippen LogP contribution in [0.5, 0.6) is 0 Å². The summed E-state index contributed by atoms with van der Waals surface area (Å²) in [6.07, 6.45) is 9.82. The van der Waals surface area contributed by atoms with Crippen molar-refractivity contribution in [1.29, 1.82) is 0 Å². The molecule has 6 nitrogen and oxygen atoms in total. The maximum atomic E-state index is 12.4. The van der Waals surface area contributed by atoms with Gasteiger partial charge in [-0.1, -0.05) is 67.2 Å². The van der Waals surface area contributed by atoms with E-state index in [0.717, 1.165) is 51.4 Å². The molecular formula is C26H50O6. The molecule has 0 N–H and O–H groups in total. The van der Waals surface area contributed by atoms with E-state index in [1.54, 1.807) is 0 Å². The smallest absolute Gasteiger partial charge is 0.297 e. The predicted octanol–water partition coefficient (Wildman–Crippen LogP) is 7.49. The van der Waals surface area contributed by atoms with Crippen LogP contribution in [-0.4, -0.2) is 23.1 Å². The van der Waals surface area contributed by atoms with Gasteiger partial charge in [0.25, 0.3) is 0 Å². The number of hydrogen-bond donors (Lipinski definition) is 0. The van der Waals surface area contributed by atoms with Crippen LogP contribution in [0.4, 0.5) is 0 Å². The van der Waals surface area contributed by atoms with E-state index in [1.807, 2.05) is 41.5 Å². The van der Waals surface area contributed by atoms with Crippen LogP contribution in [-0.2, 0) is 29.1 Å². The lowest BCUT2D eigenvalue weighted by Gasteiger charge is -2.32. The third kappa shape index (κ3) is 11.6. The molecule has 0 aromatic heterocycles. The summed E-state index contributed by atoms with van der Waals surface area (Å²) < 4.78 is 0. The molecule has 0 heterocycles. The van der Waals surface area contributed by atoms with E-state index in [9.17, 15) is 9.59 Å². The Balaban J connectivity index is 4.81. The van der Waals surface area contributed by atoms with E-state index in [2.05, 4.69) is 13.8 Å². The highest BCUT2D eigenvalue weighted by Crippen LogP contribution is 2.31. The molecule has 0 aliphatic carbocycles. The van der Waals surface area contributed by atoms with Crippen LogP contribution >= 0.6 is 0 Å². The highest BCUT2D eigenvalue weighted by Gasteiger charge is 2.34. The van der Waals surface area contributed by atoms with Crippen LogP contribution in [0.25, 0.3) is 0 Å². The van der Waals surface area contributed by atoms with Gasteiger partial charge in [0.05, 0.1) is 11.8 Å². The van der Waals surface area contributed by atoms with Crippen LogP contribution in [0.15, 0.2) is 0 Å². The van der Waals surface area contributed by atoms with Gasteiger partial charge in [-0.05, 0) is 65.2 Å². The maximum Gasteiger partial charge on any atom is 0.345 e. The molecule has 0 rings (SSSR count). The van der Waals surface area contributed by atoms with Crippen molar-refractivity contribution in [3.63, 3.8) is 0 Å². The number of hydrogen-bond acceptors (Lipinski definition) is 6. The molecule has 0 radical (unpaired) electrons. The molecule has 0 fully saturated rings. The van der Waals surface area contributed by atoms with Gasteiger partial charge < -0.3 is 0 Å². The average Bonchev–Trinajstić information content (AvgIpc) is 2.81. The van der Waals surface area contributed by atoms with Crippen LogP contribution in [0, 0.1) is 11.8 Å². The van der Waals surface area contributed by atoms with Gasteiger partial charge >= 0.3 is 11.9 Å². The number of unbranched alkanes of at least 4 members (excludes halogenated alkanes) is 2. The van der Waals surface area contributed by atoms with E-state index >= 15 is 0 Å². The molecule has 0 aliphatic heterocycles. The molecule has 0 saturated heterocycles. The minimum atomic E-state index is -0.629. The summed E-state index contributed by atoms with van der Waals surface area (Å²) >= 11 is 0. The Hall–Kier alpha value is -1.14. The summed E-state index contributed by atoms with van der Waals surface area (Å²) in [4.78, 5) is 46.7. The summed E-state index contributed by atoms with van der Waals surface area (Å²) in [7, 11) is 0. The minimum Gasteiger partial charge on any atom is -0.297 e. The molecule has 0 saturated carbocycles. The quantitative estimate of drug-likeness (QED) is 0.147. The normalized spacial score (nSPS) is 17.1. The monoisotopic (exact) mass is 458 g/mol. The first-order valence-corrected chi connectivity index (χ1v) is 12.9. The summed E-state index contributed by atoms with van der Waals surface area (Å²) in [5, 5.41) is 0. The van der Waals surface area contributed by atoms with Crippen LogP contribution in [0.2, 0.25) is 0 Å². The first kappa shape index (κ1) is 30.9.